The number of benzene rings is 1. The van der Waals surface area contributed by atoms with Crippen molar-refractivity contribution in [2.24, 2.45) is 5.41 Å². The van der Waals surface area contributed by atoms with E-state index in [2.05, 4.69) is 15.0 Å². The number of halogens is 2. The fraction of sp³-hybridized carbons (Fsp3) is 0.640. The highest BCUT2D eigenvalue weighted by Gasteiger charge is 2.51. The van der Waals surface area contributed by atoms with Gasteiger partial charge in [0, 0.05) is 31.9 Å². The van der Waals surface area contributed by atoms with Gasteiger partial charge >= 0.3 is 12.2 Å². The number of methoxy groups -OCH3 is 1. The quantitative estimate of drug-likeness (QED) is 0.494. The van der Waals surface area contributed by atoms with Crippen LogP contribution < -0.4 is 5.32 Å². The van der Waals surface area contributed by atoms with Crippen LogP contribution in [0.5, 0.6) is 0 Å². The fourth-order valence-corrected chi connectivity index (χ4v) is 5.51. The van der Waals surface area contributed by atoms with Gasteiger partial charge in [-0.15, -0.1) is 0 Å². The first-order valence-electron chi connectivity index (χ1n) is 12.6. The van der Waals surface area contributed by atoms with Crippen molar-refractivity contribution in [1.82, 2.24) is 14.7 Å². The summed E-state index contributed by atoms with van der Waals surface area (Å²) in [5.41, 5.74) is 0.589. The Bertz CT molecular complexity index is 1020. The van der Waals surface area contributed by atoms with Crippen LogP contribution in [0.4, 0.5) is 15.3 Å². The molecule has 2 N–H and O–H groups in total. The zero-order chi connectivity index (χ0) is 26.7. The lowest BCUT2D eigenvalue weighted by Crippen LogP contribution is -2.61. The Morgan fingerprint density at radius 3 is 2.59 bits per heavy atom. The maximum Gasteiger partial charge on any atom is 0.508 e. The predicted octanol–water partition coefficient (Wildman–Crippen LogP) is 3.45. The minimum atomic E-state index is -0.811. The fourth-order valence-electron chi connectivity index (χ4n) is 5.21. The van der Waals surface area contributed by atoms with Crippen molar-refractivity contribution >= 4 is 47.0 Å². The number of amides is 3. The Morgan fingerprint density at radius 1 is 1.19 bits per heavy atom. The number of ether oxygens (including phenoxy) is 2. The van der Waals surface area contributed by atoms with Crippen molar-refractivity contribution < 1.29 is 29.0 Å². The van der Waals surface area contributed by atoms with Crippen molar-refractivity contribution in [3.8, 4) is 0 Å². The van der Waals surface area contributed by atoms with Gasteiger partial charge in [0.05, 0.1) is 29.3 Å². The van der Waals surface area contributed by atoms with E-state index >= 15 is 0 Å². The smallest absolute Gasteiger partial charge is 0.438 e. The van der Waals surface area contributed by atoms with Crippen molar-refractivity contribution in [3.05, 3.63) is 28.2 Å². The van der Waals surface area contributed by atoms with Crippen molar-refractivity contribution in [2.45, 2.75) is 50.8 Å². The highest BCUT2D eigenvalue weighted by atomic mass is 35.5. The predicted molar refractivity (Wildman–Crippen MR) is 139 cm³/mol. The molecule has 2 saturated heterocycles. The van der Waals surface area contributed by atoms with Crippen molar-refractivity contribution in [3.63, 3.8) is 0 Å². The molecule has 1 spiro atoms. The number of piperazine rings is 1. The number of aliphatic hydroxyl groups is 1. The SMILES string of the molecule is COC(=O)OC[C@H](CCN1CCC2(CC2)[C@H](O)C1)N1CCN(C(=O)Nc2ccc(Cl)c(Cl)c2)[C@@H](C)C1=O. The number of hydrogen-bond donors (Lipinski definition) is 2. The monoisotopic (exact) mass is 556 g/mol. The maximum absolute atomic E-state index is 13.4. The number of nitrogens with one attached hydrogen (secondary N) is 1. The number of anilines is 1. The zero-order valence-corrected chi connectivity index (χ0v) is 22.6. The molecule has 4 rings (SSSR count). The Morgan fingerprint density at radius 2 is 1.95 bits per heavy atom. The number of piperidine rings is 1. The van der Waals surface area contributed by atoms with Crippen LogP contribution in [0.25, 0.3) is 0 Å². The van der Waals surface area contributed by atoms with E-state index in [1.54, 1.807) is 30.0 Å². The van der Waals surface area contributed by atoms with E-state index in [0.717, 1.165) is 25.8 Å². The van der Waals surface area contributed by atoms with Gasteiger partial charge < -0.3 is 34.6 Å². The molecule has 2 aliphatic heterocycles. The highest BCUT2D eigenvalue weighted by Crippen LogP contribution is 2.53. The summed E-state index contributed by atoms with van der Waals surface area (Å²) in [5.74, 6) is -0.232. The summed E-state index contributed by atoms with van der Waals surface area (Å²) in [6, 6.07) is 3.25. The normalized spacial score (nSPS) is 24.1. The van der Waals surface area contributed by atoms with Crippen LogP contribution in [-0.4, -0.2) is 103 Å². The van der Waals surface area contributed by atoms with Crippen molar-refractivity contribution in [1.29, 1.82) is 0 Å². The summed E-state index contributed by atoms with van der Waals surface area (Å²) in [4.78, 5) is 43.3. The third-order valence-corrected chi connectivity index (χ3v) is 8.60. The summed E-state index contributed by atoms with van der Waals surface area (Å²) in [5, 5.41) is 14.0. The van der Waals surface area contributed by atoms with E-state index < -0.39 is 18.2 Å². The number of likely N-dealkylation sites (tertiary alicyclic amines) is 1. The number of carbonyl (C=O) groups excluding carboxylic acids is 3. The van der Waals surface area contributed by atoms with Gasteiger partial charge in [0.25, 0.3) is 0 Å². The molecule has 1 saturated carbocycles. The minimum absolute atomic E-state index is 0.0130. The van der Waals surface area contributed by atoms with Gasteiger partial charge in [0.2, 0.25) is 5.91 Å². The molecule has 12 heteroatoms. The second kappa shape index (κ2) is 11.6. The molecule has 3 fully saturated rings. The Hall–Kier alpha value is -2.27. The molecule has 0 bridgehead atoms. The average molecular weight is 557 g/mol. The van der Waals surface area contributed by atoms with Gasteiger partial charge in [0.1, 0.15) is 12.6 Å². The molecule has 3 atom stereocenters. The lowest BCUT2D eigenvalue weighted by molar-refractivity contribution is -0.143. The largest absolute Gasteiger partial charge is 0.508 e. The molecule has 0 radical (unpaired) electrons. The molecule has 1 aromatic rings. The molecule has 2 heterocycles. The summed E-state index contributed by atoms with van der Waals surface area (Å²) in [7, 11) is 1.23. The number of nitrogens with zero attached hydrogens (tertiary/aromatic N) is 3. The molecular formula is C25H34Cl2N4O6. The van der Waals surface area contributed by atoms with E-state index in [1.807, 2.05) is 0 Å². The zero-order valence-electron chi connectivity index (χ0n) is 21.1. The van der Waals surface area contributed by atoms with Gasteiger partial charge in [-0.25, -0.2) is 9.59 Å². The summed E-state index contributed by atoms with van der Waals surface area (Å²) >= 11 is 12.0. The number of rotatable bonds is 7. The van der Waals surface area contributed by atoms with Crippen LogP contribution in [0.1, 0.15) is 32.6 Å². The second-order valence-electron chi connectivity index (χ2n) is 10.1. The third kappa shape index (κ3) is 6.42. The van der Waals surface area contributed by atoms with E-state index in [4.69, 9.17) is 27.9 Å². The molecule has 204 valence electrons. The molecule has 0 unspecified atom stereocenters. The van der Waals surface area contributed by atoms with Crippen molar-refractivity contribution in [2.75, 3.05) is 51.8 Å². The van der Waals surface area contributed by atoms with Gasteiger partial charge in [-0.2, -0.15) is 0 Å². The van der Waals surface area contributed by atoms with E-state index in [0.29, 0.717) is 48.3 Å². The summed E-state index contributed by atoms with van der Waals surface area (Å²) < 4.78 is 9.84. The first kappa shape index (κ1) is 27.8. The average Bonchev–Trinajstić information content (AvgIpc) is 3.66. The van der Waals surface area contributed by atoms with Crippen LogP contribution >= 0.6 is 23.2 Å². The third-order valence-electron chi connectivity index (χ3n) is 7.86. The van der Waals surface area contributed by atoms with Crippen LogP contribution in [0, 0.1) is 5.41 Å². The molecule has 0 aromatic heterocycles. The molecule has 37 heavy (non-hydrogen) atoms. The molecule has 3 amide bonds. The maximum atomic E-state index is 13.4. The topological polar surface area (TPSA) is 112 Å². The van der Waals surface area contributed by atoms with E-state index in [1.165, 1.54) is 12.0 Å². The van der Waals surface area contributed by atoms with Crippen LogP contribution in [0.2, 0.25) is 10.0 Å². The highest BCUT2D eigenvalue weighted by molar-refractivity contribution is 6.42. The molecule has 10 nitrogen and oxygen atoms in total. The first-order chi connectivity index (χ1) is 17.6. The standard InChI is InChI=1S/C25H34Cl2N4O6/c1-16-22(33)31(12-11-30(16)23(34)28-17-3-4-19(26)20(27)13-17)18(15-37-24(35)36-2)5-9-29-10-8-25(6-7-25)21(32)14-29/h3-4,13,16,18,21,32H,5-12,14-15H2,1-2H3,(H,28,34)/t16-,18-,21+/m0/s1. The minimum Gasteiger partial charge on any atom is -0.438 e. The number of urea groups is 1. The van der Waals surface area contributed by atoms with Gasteiger partial charge in [-0.1, -0.05) is 23.2 Å². The molecule has 3 aliphatic rings. The van der Waals surface area contributed by atoms with E-state index in [-0.39, 0.29) is 30.1 Å². The lowest BCUT2D eigenvalue weighted by atomic mass is 9.90. The summed E-state index contributed by atoms with van der Waals surface area (Å²) in [6.07, 6.45) is 2.57. The number of hydrogen-bond acceptors (Lipinski definition) is 7. The Balaban J connectivity index is 1.37. The molecule has 1 aromatic carbocycles. The van der Waals surface area contributed by atoms with Crippen LogP contribution in [-0.2, 0) is 14.3 Å². The van der Waals surface area contributed by atoms with Gasteiger partial charge in [-0.05, 0) is 62.8 Å². The molecule has 1 aliphatic carbocycles. The lowest BCUT2D eigenvalue weighted by Gasteiger charge is -2.43. The number of carbonyl (C=O) groups is 3. The molecular weight excluding hydrogens is 523 g/mol. The Labute approximate surface area is 226 Å². The first-order valence-corrected chi connectivity index (χ1v) is 13.3. The van der Waals surface area contributed by atoms with E-state index in [9.17, 15) is 19.5 Å². The van der Waals surface area contributed by atoms with Gasteiger partial charge in [-0.3, -0.25) is 4.79 Å². The number of β-amino-alcohol motifs (C(OH)–C–C–N with tert-alkyl or cyclic N) is 1. The van der Waals surface area contributed by atoms with Crippen LogP contribution in [0.15, 0.2) is 18.2 Å². The Kier molecular flexibility index (Phi) is 8.73. The summed E-state index contributed by atoms with van der Waals surface area (Å²) in [6.45, 7) is 4.42. The second-order valence-corrected chi connectivity index (χ2v) is 10.9. The number of aliphatic hydroxyl groups excluding tert-OH is 1. The van der Waals surface area contributed by atoms with Crippen LogP contribution in [0.3, 0.4) is 0 Å². The van der Waals surface area contributed by atoms with Gasteiger partial charge in [0.15, 0.2) is 0 Å².